The minimum Gasteiger partial charge on any atom is -0.275 e. The van der Waals surface area contributed by atoms with Crippen molar-refractivity contribution in [2.45, 2.75) is 16.3 Å². The number of alkyl halides is 1. The van der Waals surface area contributed by atoms with Crippen LogP contribution in [-0.2, 0) is 19.7 Å². The SMILES string of the molecule is CON(C)C(=O)[C@H](Cl)[C@@H](NS(=O)(=O)c1ccccc1[N+](=O)[O-])c1ccccc1F. The van der Waals surface area contributed by atoms with Gasteiger partial charge >= 0.3 is 0 Å². The first kappa shape index (κ1) is 22.7. The second-order valence-corrected chi connectivity index (χ2v) is 7.92. The van der Waals surface area contributed by atoms with E-state index in [-0.39, 0.29) is 5.56 Å². The second-order valence-electron chi connectivity index (χ2n) is 5.77. The van der Waals surface area contributed by atoms with Crippen LogP contribution in [0.15, 0.2) is 53.4 Å². The highest BCUT2D eigenvalue weighted by Crippen LogP contribution is 2.30. The quantitative estimate of drug-likeness (QED) is 0.378. The normalized spacial score (nSPS) is 13.5. The molecule has 29 heavy (non-hydrogen) atoms. The number of rotatable bonds is 8. The Morgan fingerprint density at radius 1 is 1.24 bits per heavy atom. The molecule has 156 valence electrons. The van der Waals surface area contributed by atoms with E-state index in [0.29, 0.717) is 0 Å². The lowest BCUT2D eigenvalue weighted by atomic mass is 10.0. The molecule has 0 aromatic heterocycles. The minimum absolute atomic E-state index is 0.215. The zero-order valence-electron chi connectivity index (χ0n) is 15.3. The van der Waals surface area contributed by atoms with E-state index in [2.05, 4.69) is 4.72 Å². The molecule has 9 nitrogen and oxygen atoms in total. The summed E-state index contributed by atoms with van der Waals surface area (Å²) in [6.07, 6.45) is 0. The molecule has 2 aromatic carbocycles. The van der Waals surface area contributed by atoms with Crippen LogP contribution in [0.25, 0.3) is 0 Å². The van der Waals surface area contributed by atoms with Crippen LogP contribution in [0.1, 0.15) is 11.6 Å². The molecular formula is C17H17ClFN3O6S. The number of carbonyl (C=O) groups is 1. The number of sulfonamides is 1. The molecule has 1 N–H and O–H groups in total. The summed E-state index contributed by atoms with van der Waals surface area (Å²) in [5, 5.41) is 10.3. The number of hydrogen-bond donors (Lipinski definition) is 1. The number of hydroxylamine groups is 2. The van der Waals surface area contributed by atoms with Crippen LogP contribution in [0.3, 0.4) is 0 Å². The van der Waals surface area contributed by atoms with E-state index in [0.717, 1.165) is 23.3 Å². The molecule has 2 atom stereocenters. The molecule has 1 amide bonds. The van der Waals surface area contributed by atoms with Crippen molar-refractivity contribution in [3.63, 3.8) is 0 Å². The number of nitro benzene ring substituents is 1. The number of hydrogen-bond acceptors (Lipinski definition) is 6. The topological polar surface area (TPSA) is 119 Å². The van der Waals surface area contributed by atoms with Gasteiger partial charge in [0.05, 0.1) is 18.1 Å². The number of para-hydroxylation sites is 1. The zero-order valence-corrected chi connectivity index (χ0v) is 16.9. The molecule has 0 radical (unpaired) electrons. The van der Waals surface area contributed by atoms with Gasteiger partial charge in [-0.2, -0.15) is 0 Å². The molecule has 2 rings (SSSR count). The smallest absolute Gasteiger partial charge is 0.275 e. The van der Waals surface area contributed by atoms with Crippen LogP contribution in [0.4, 0.5) is 10.1 Å². The lowest BCUT2D eigenvalue weighted by Crippen LogP contribution is -2.43. The van der Waals surface area contributed by atoms with Crippen molar-refractivity contribution in [3.05, 3.63) is 70.0 Å². The average Bonchev–Trinajstić information content (AvgIpc) is 2.71. The summed E-state index contributed by atoms with van der Waals surface area (Å²) in [4.78, 5) is 26.8. The molecule has 0 aliphatic carbocycles. The summed E-state index contributed by atoms with van der Waals surface area (Å²) in [5.41, 5.74) is -0.897. The zero-order chi connectivity index (χ0) is 21.8. The van der Waals surface area contributed by atoms with Crippen molar-refractivity contribution in [1.29, 1.82) is 0 Å². The van der Waals surface area contributed by atoms with E-state index < -0.39 is 48.7 Å². The standard InChI is InChI=1S/C17H17ClFN3O6S/c1-21(28-2)17(23)15(18)16(11-7-3-4-8-12(11)19)20-29(26,27)14-10-6-5-9-13(14)22(24)25/h3-10,15-16,20H,1-2H3/t15-,16+/m1/s1. The Bertz CT molecular complexity index is 1020. The van der Waals surface area contributed by atoms with Crippen molar-refractivity contribution < 1.29 is 27.4 Å². The van der Waals surface area contributed by atoms with Crippen LogP contribution in [0, 0.1) is 15.9 Å². The van der Waals surface area contributed by atoms with Gasteiger partial charge in [0.1, 0.15) is 11.2 Å². The molecule has 0 saturated heterocycles. The van der Waals surface area contributed by atoms with Crippen LogP contribution < -0.4 is 4.72 Å². The Morgan fingerprint density at radius 3 is 2.41 bits per heavy atom. The van der Waals surface area contributed by atoms with Gasteiger partial charge in [0, 0.05) is 18.7 Å². The van der Waals surface area contributed by atoms with Crippen molar-refractivity contribution in [2.75, 3.05) is 14.2 Å². The third-order valence-corrected chi connectivity index (χ3v) is 5.91. The lowest BCUT2D eigenvalue weighted by Gasteiger charge is -2.26. The van der Waals surface area contributed by atoms with E-state index in [1.807, 2.05) is 0 Å². The maximum absolute atomic E-state index is 14.4. The van der Waals surface area contributed by atoms with Gasteiger partial charge in [0.2, 0.25) is 10.0 Å². The molecule has 0 aliphatic heterocycles. The van der Waals surface area contributed by atoms with E-state index in [4.69, 9.17) is 16.4 Å². The van der Waals surface area contributed by atoms with Gasteiger partial charge in [-0.3, -0.25) is 19.7 Å². The van der Waals surface area contributed by atoms with E-state index in [1.54, 1.807) is 0 Å². The third-order valence-electron chi connectivity index (χ3n) is 3.99. The number of carbonyl (C=O) groups excluding carboxylic acids is 1. The number of nitrogens with zero attached hydrogens (tertiary/aromatic N) is 2. The maximum atomic E-state index is 14.4. The number of benzene rings is 2. The van der Waals surface area contributed by atoms with E-state index in [1.165, 1.54) is 44.5 Å². The van der Waals surface area contributed by atoms with Crippen molar-refractivity contribution >= 4 is 33.2 Å². The van der Waals surface area contributed by atoms with Crippen molar-refractivity contribution in [3.8, 4) is 0 Å². The summed E-state index contributed by atoms with van der Waals surface area (Å²) in [6.45, 7) is 0. The van der Waals surface area contributed by atoms with Gasteiger partial charge in [-0.15, -0.1) is 11.6 Å². The van der Waals surface area contributed by atoms with Crippen LogP contribution in [0.2, 0.25) is 0 Å². The number of nitrogens with one attached hydrogen (secondary N) is 1. The first-order chi connectivity index (χ1) is 13.6. The molecule has 0 heterocycles. The Hall–Kier alpha value is -2.60. The van der Waals surface area contributed by atoms with Crippen LogP contribution >= 0.6 is 11.6 Å². The molecule has 0 fully saturated rings. The number of halogens is 2. The maximum Gasteiger partial charge on any atom is 0.289 e. The predicted octanol–water partition coefficient (Wildman–Crippen LogP) is 2.38. The largest absolute Gasteiger partial charge is 0.289 e. The lowest BCUT2D eigenvalue weighted by molar-refractivity contribution is -0.387. The van der Waals surface area contributed by atoms with Crippen LogP contribution in [-0.4, -0.2) is 43.8 Å². The summed E-state index contributed by atoms with van der Waals surface area (Å²) < 4.78 is 42.2. The Morgan fingerprint density at radius 2 is 1.83 bits per heavy atom. The van der Waals surface area contributed by atoms with Gasteiger partial charge in [-0.1, -0.05) is 30.3 Å². The average molecular weight is 446 g/mol. The highest BCUT2D eigenvalue weighted by Gasteiger charge is 2.37. The second kappa shape index (κ2) is 9.27. The fraction of sp³-hybridized carbons (Fsp3) is 0.235. The van der Waals surface area contributed by atoms with Crippen LogP contribution in [0.5, 0.6) is 0 Å². The highest BCUT2D eigenvalue weighted by atomic mass is 35.5. The summed E-state index contributed by atoms with van der Waals surface area (Å²) in [6, 6.07) is 8.16. The van der Waals surface area contributed by atoms with E-state index in [9.17, 15) is 27.7 Å². The molecular weight excluding hydrogens is 429 g/mol. The molecule has 0 spiro atoms. The monoisotopic (exact) mass is 445 g/mol. The number of nitro groups is 1. The summed E-state index contributed by atoms with van der Waals surface area (Å²) in [7, 11) is -2.13. The van der Waals surface area contributed by atoms with Crippen molar-refractivity contribution in [1.82, 2.24) is 9.79 Å². The molecule has 2 aromatic rings. The molecule has 0 aliphatic rings. The molecule has 0 bridgehead atoms. The van der Waals surface area contributed by atoms with Gasteiger partial charge < -0.3 is 0 Å². The first-order valence-electron chi connectivity index (χ1n) is 8.06. The predicted molar refractivity (Wildman–Crippen MR) is 102 cm³/mol. The van der Waals surface area contributed by atoms with E-state index >= 15 is 0 Å². The Labute approximate surface area is 171 Å². The fourth-order valence-corrected chi connectivity index (χ4v) is 4.29. The summed E-state index contributed by atoms with van der Waals surface area (Å²) >= 11 is 6.17. The highest BCUT2D eigenvalue weighted by molar-refractivity contribution is 7.89. The molecule has 0 unspecified atom stereocenters. The Balaban J connectivity index is 2.55. The van der Waals surface area contributed by atoms with Gasteiger partial charge in [-0.25, -0.2) is 22.6 Å². The fourth-order valence-electron chi connectivity index (χ4n) is 2.48. The number of amides is 1. The minimum atomic E-state index is -4.57. The van der Waals surface area contributed by atoms with Gasteiger partial charge in [0.25, 0.3) is 11.6 Å². The Kier molecular flexibility index (Phi) is 7.25. The van der Waals surface area contributed by atoms with Gasteiger partial charge in [0.15, 0.2) is 4.90 Å². The first-order valence-corrected chi connectivity index (χ1v) is 9.98. The van der Waals surface area contributed by atoms with Crippen molar-refractivity contribution in [2.24, 2.45) is 0 Å². The van der Waals surface area contributed by atoms with Gasteiger partial charge in [-0.05, 0) is 12.1 Å². The third kappa shape index (κ3) is 5.07. The summed E-state index contributed by atoms with van der Waals surface area (Å²) in [5.74, 6) is -1.67. The molecule has 12 heteroatoms. The molecule has 0 saturated carbocycles.